The molecule has 0 N–H and O–H groups in total. The van der Waals surface area contributed by atoms with E-state index in [1.165, 1.54) is 6.42 Å². The monoisotopic (exact) mass is 302 g/mol. The molecule has 2 rings (SSSR count). The van der Waals surface area contributed by atoms with E-state index >= 15 is 0 Å². The van der Waals surface area contributed by atoms with Crippen LogP contribution < -0.4 is 37.7 Å². The van der Waals surface area contributed by atoms with Crippen LogP contribution in [0.2, 0.25) is 19.6 Å². The summed E-state index contributed by atoms with van der Waals surface area (Å²) in [7, 11) is -1.37. The molecule has 0 saturated carbocycles. The molecule has 0 aromatic heterocycles. The summed E-state index contributed by atoms with van der Waals surface area (Å²) in [6.45, 7) is 10.1. The van der Waals surface area contributed by atoms with Crippen molar-refractivity contribution < 1.29 is 42.1 Å². The Morgan fingerprint density at radius 3 is 1.86 bits per heavy atom. The minimum Gasteiger partial charge on any atom is -0.418 e. The Kier molecular flexibility index (Phi) is 9.73. The van der Waals surface area contributed by atoms with Crippen LogP contribution in [0.4, 0.5) is 0 Å². The summed E-state index contributed by atoms with van der Waals surface area (Å²) in [5.74, 6) is 0. The molecule has 4 heteroatoms. The van der Waals surface area contributed by atoms with Gasteiger partial charge in [-0.15, -0.1) is 0 Å². The molecule has 0 radical (unpaired) electrons. The number of rotatable bonds is 7. The molecule has 0 aliphatic heterocycles. The Bertz CT molecular complexity index is 440. The molecular formula is C18H28Li2OSi+2. The molecule has 22 heavy (non-hydrogen) atoms. The van der Waals surface area contributed by atoms with Crippen LogP contribution in [-0.2, 0) is 4.43 Å². The zero-order valence-electron chi connectivity index (χ0n) is 15.4. The fourth-order valence-electron chi connectivity index (χ4n) is 3.04. The molecule has 0 atom stereocenters. The van der Waals surface area contributed by atoms with Crippen molar-refractivity contribution in [2.24, 2.45) is 5.41 Å². The van der Waals surface area contributed by atoms with Gasteiger partial charge in [-0.2, -0.15) is 0 Å². The number of hydrogen-bond donors (Lipinski definition) is 0. The van der Waals surface area contributed by atoms with E-state index in [2.05, 4.69) is 63.0 Å². The molecule has 0 saturated heterocycles. The molecule has 0 fully saturated rings. The average molecular weight is 302 g/mol. The van der Waals surface area contributed by atoms with Crippen LogP contribution in [0, 0.1) is 5.41 Å². The van der Waals surface area contributed by atoms with Gasteiger partial charge in [-0.25, -0.2) is 0 Å². The molecule has 0 aromatic carbocycles. The second kappa shape index (κ2) is 9.58. The van der Waals surface area contributed by atoms with Gasteiger partial charge >= 0.3 is 37.7 Å². The van der Waals surface area contributed by atoms with Crippen molar-refractivity contribution in [1.29, 1.82) is 0 Å². The van der Waals surface area contributed by atoms with Crippen LogP contribution in [0.1, 0.15) is 32.6 Å². The Labute approximate surface area is 161 Å². The zero-order valence-corrected chi connectivity index (χ0v) is 16.4. The molecule has 0 heterocycles. The number of allylic oxidation sites excluding steroid dienone is 8. The van der Waals surface area contributed by atoms with Crippen LogP contribution >= 0.6 is 0 Å². The predicted molar refractivity (Wildman–Crippen MR) is 90.3 cm³/mol. The van der Waals surface area contributed by atoms with Crippen LogP contribution in [0.25, 0.3) is 0 Å². The van der Waals surface area contributed by atoms with Crippen molar-refractivity contribution in [2.45, 2.75) is 52.2 Å². The molecule has 2 aliphatic rings. The summed E-state index contributed by atoms with van der Waals surface area (Å²) < 4.78 is 6.02. The van der Waals surface area contributed by atoms with Crippen LogP contribution in [0.5, 0.6) is 0 Å². The van der Waals surface area contributed by atoms with Gasteiger partial charge in [-0.1, -0.05) is 54.5 Å². The average Bonchev–Trinajstić information content (AvgIpc) is 3.04. The molecular weight excluding hydrogens is 274 g/mol. The molecule has 0 aromatic rings. The maximum absolute atomic E-state index is 6.02. The van der Waals surface area contributed by atoms with Gasteiger partial charge < -0.3 is 4.43 Å². The van der Waals surface area contributed by atoms with Gasteiger partial charge in [0.2, 0.25) is 0 Å². The van der Waals surface area contributed by atoms with Gasteiger partial charge in [0, 0.05) is 12.0 Å². The van der Waals surface area contributed by atoms with Crippen molar-refractivity contribution >= 4 is 8.32 Å². The normalized spacial score (nSPS) is 16.9. The van der Waals surface area contributed by atoms with E-state index in [1.54, 1.807) is 11.1 Å². The van der Waals surface area contributed by atoms with Gasteiger partial charge in [-0.05, 0) is 45.3 Å². The predicted octanol–water partition coefficient (Wildman–Crippen LogP) is -0.595. The summed E-state index contributed by atoms with van der Waals surface area (Å²) in [5, 5.41) is 0. The summed E-state index contributed by atoms with van der Waals surface area (Å²) in [6.07, 6.45) is 18.2. The first kappa shape index (κ1) is 22.3. The Balaban J connectivity index is 0.00000220. The van der Waals surface area contributed by atoms with E-state index in [4.69, 9.17) is 4.43 Å². The van der Waals surface area contributed by atoms with Crippen molar-refractivity contribution in [1.82, 2.24) is 0 Å². The van der Waals surface area contributed by atoms with E-state index in [0.717, 1.165) is 25.9 Å². The first-order valence-corrected chi connectivity index (χ1v) is 11.2. The van der Waals surface area contributed by atoms with Gasteiger partial charge in [0.25, 0.3) is 0 Å². The molecule has 0 bridgehead atoms. The molecule has 110 valence electrons. The maximum atomic E-state index is 6.02. The SMILES string of the molecule is CC(CCCO[Si](C)(C)C)(C1=CC=CC1)C1=CC=CC1.[Li+].[Li+]. The van der Waals surface area contributed by atoms with Crippen molar-refractivity contribution in [3.05, 3.63) is 47.6 Å². The Hall–Kier alpha value is 0.332. The topological polar surface area (TPSA) is 9.23 Å². The third kappa shape index (κ3) is 6.09. The second-order valence-electron chi connectivity index (χ2n) is 7.04. The second-order valence-corrected chi connectivity index (χ2v) is 11.6. The summed E-state index contributed by atoms with van der Waals surface area (Å²) in [5.41, 5.74) is 3.36. The Morgan fingerprint density at radius 1 is 1.00 bits per heavy atom. The molecule has 0 spiro atoms. The van der Waals surface area contributed by atoms with Crippen LogP contribution in [-0.4, -0.2) is 14.9 Å². The van der Waals surface area contributed by atoms with E-state index in [-0.39, 0.29) is 43.1 Å². The van der Waals surface area contributed by atoms with Gasteiger partial charge in [-0.3, -0.25) is 0 Å². The summed E-state index contributed by atoms with van der Waals surface area (Å²) >= 11 is 0. The van der Waals surface area contributed by atoms with E-state index < -0.39 is 8.32 Å². The Morgan fingerprint density at radius 2 is 1.50 bits per heavy atom. The van der Waals surface area contributed by atoms with Gasteiger partial charge in [0.05, 0.1) is 0 Å². The van der Waals surface area contributed by atoms with Gasteiger partial charge in [0.1, 0.15) is 0 Å². The fourth-order valence-corrected chi connectivity index (χ4v) is 3.80. The van der Waals surface area contributed by atoms with Crippen LogP contribution in [0.15, 0.2) is 47.6 Å². The van der Waals surface area contributed by atoms with Crippen molar-refractivity contribution in [3.8, 4) is 0 Å². The summed E-state index contributed by atoms with van der Waals surface area (Å²) in [4.78, 5) is 0. The third-order valence-electron chi connectivity index (χ3n) is 4.32. The van der Waals surface area contributed by atoms with E-state index in [1.807, 2.05) is 0 Å². The molecule has 1 nitrogen and oxygen atoms in total. The van der Waals surface area contributed by atoms with E-state index in [9.17, 15) is 0 Å². The number of hydrogen-bond acceptors (Lipinski definition) is 1. The van der Waals surface area contributed by atoms with Crippen molar-refractivity contribution in [2.75, 3.05) is 6.61 Å². The summed E-state index contributed by atoms with van der Waals surface area (Å²) in [6, 6.07) is 0. The smallest absolute Gasteiger partial charge is 0.418 e. The zero-order chi connectivity index (χ0) is 14.6. The van der Waals surface area contributed by atoms with Gasteiger partial charge in [0.15, 0.2) is 8.32 Å². The minimum absolute atomic E-state index is 0. The standard InChI is InChI=1S/C18H28OSi.2Li/c1-18(16-10-5-6-11-16,17-12-7-8-13-17)14-9-15-19-20(2,3)4;;/h5-8,10,12H,9,11,13-15H2,1-4H3;;/q;2*+1. The first-order valence-electron chi connectivity index (χ1n) is 7.78. The quantitative estimate of drug-likeness (QED) is 0.451. The first-order chi connectivity index (χ1) is 9.42. The minimum atomic E-state index is -1.37. The third-order valence-corrected chi connectivity index (χ3v) is 5.39. The molecule has 2 aliphatic carbocycles. The van der Waals surface area contributed by atoms with Crippen LogP contribution in [0.3, 0.4) is 0 Å². The van der Waals surface area contributed by atoms with E-state index in [0.29, 0.717) is 0 Å². The fraction of sp³-hybridized carbons (Fsp3) is 0.556. The maximum Gasteiger partial charge on any atom is 1.00 e. The largest absolute Gasteiger partial charge is 1.00 e. The molecule has 0 unspecified atom stereocenters. The molecule has 0 amide bonds. The van der Waals surface area contributed by atoms with Crippen molar-refractivity contribution in [3.63, 3.8) is 0 Å².